The minimum atomic E-state index is -0.534. The van der Waals surface area contributed by atoms with Gasteiger partial charge in [-0.05, 0) is 12.1 Å². The van der Waals surface area contributed by atoms with Gasteiger partial charge >= 0.3 is 0 Å². The molecule has 0 radical (unpaired) electrons. The number of nitrogens with zero attached hydrogens (tertiary/aromatic N) is 1. The summed E-state index contributed by atoms with van der Waals surface area (Å²) < 4.78 is 18.6. The van der Waals surface area contributed by atoms with Gasteiger partial charge in [0.1, 0.15) is 18.2 Å². The maximum atomic E-state index is 13.4. The first kappa shape index (κ1) is 19.2. The summed E-state index contributed by atoms with van der Waals surface area (Å²) in [5.74, 6) is 0.631. The standard InChI is InChI=1S/C13H19FN2O2.2ClH/c1-18-12-4-2-3-11(17)13(12)10(9-14)16-7-5-15-6-8-16;;/h2-4,10,15,17H,5-9H2,1H3;2*1H/t10-;;/m1../s1. The molecule has 0 spiro atoms. The summed E-state index contributed by atoms with van der Waals surface area (Å²) in [5.41, 5.74) is 0.546. The molecule has 0 saturated carbocycles. The molecule has 20 heavy (non-hydrogen) atoms. The molecule has 7 heteroatoms. The summed E-state index contributed by atoms with van der Waals surface area (Å²) in [5, 5.41) is 13.2. The van der Waals surface area contributed by atoms with Crippen LogP contribution in [0.15, 0.2) is 18.2 Å². The van der Waals surface area contributed by atoms with Crippen molar-refractivity contribution in [1.82, 2.24) is 10.2 Å². The van der Waals surface area contributed by atoms with Crippen molar-refractivity contribution in [3.05, 3.63) is 23.8 Å². The Morgan fingerprint density at radius 3 is 2.55 bits per heavy atom. The van der Waals surface area contributed by atoms with Crippen LogP contribution in [0.4, 0.5) is 4.39 Å². The Balaban J connectivity index is 0.00000180. The minimum Gasteiger partial charge on any atom is -0.507 e. The van der Waals surface area contributed by atoms with E-state index in [2.05, 4.69) is 5.32 Å². The van der Waals surface area contributed by atoms with Gasteiger partial charge in [-0.15, -0.1) is 24.8 Å². The van der Waals surface area contributed by atoms with Crippen LogP contribution < -0.4 is 10.1 Å². The normalized spacial score (nSPS) is 16.7. The summed E-state index contributed by atoms with van der Waals surface area (Å²) in [6.45, 7) is 2.69. The van der Waals surface area contributed by atoms with E-state index in [0.29, 0.717) is 11.3 Å². The molecule has 116 valence electrons. The van der Waals surface area contributed by atoms with Crippen LogP contribution in [-0.4, -0.2) is 50.0 Å². The van der Waals surface area contributed by atoms with Crippen LogP contribution in [0, 0.1) is 0 Å². The first-order chi connectivity index (χ1) is 8.77. The number of methoxy groups -OCH3 is 1. The number of hydrogen-bond acceptors (Lipinski definition) is 4. The monoisotopic (exact) mass is 326 g/mol. The lowest BCUT2D eigenvalue weighted by Crippen LogP contribution is -2.45. The Labute approximate surface area is 131 Å². The molecule has 1 fully saturated rings. The Kier molecular flexibility index (Phi) is 8.89. The summed E-state index contributed by atoms with van der Waals surface area (Å²) in [4.78, 5) is 2.04. The molecule has 0 amide bonds. The highest BCUT2D eigenvalue weighted by molar-refractivity contribution is 5.85. The lowest BCUT2D eigenvalue weighted by Gasteiger charge is -2.34. The van der Waals surface area contributed by atoms with E-state index >= 15 is 0 Å². The van der Waals surface area contributed by atoms with Gasteiger partial charge in [0.15, 0.2) is 0 Å². The Bertz CT molecular complexity index is 404. The van der Waals surface area contributed by atoms with Crippen LogP contribution in [0.25, 0.3) is 0 Å². The minimum absolute atomic E-state index is 0. The fourth-order valence-electron chi connectivity index (χ4n) is 2.40. The third-order valence-corrected chi connectivity index (χ3v) is 3.33. The number of nitrogens with one attached hydrogen (secondary N) is 1. The molecule has 1 aromatic rings. The number of alkyl halides is 1. The van der Waals surface area contributed by atoms with Crippen molar-refractivity contribution >= 4 is 24.8 Å². The smallest absolute Gasteiger partial charge is 0.127 e. The van der Waals surface area contributed by atoms with E-state index in [9.17, 15) is 9.50 Å². The van der Waals surface area contributed by atoms with Crippen molar-refractivity contribution in [3.8, 4) is 11.5 Å². The largest absolute Gasteiger partial charge is 0.507 e. The van der Waals surface area contributed by atoms with E-state index in [1.807, 2.05) is 4.90 Å². The molecule has 4 nitrogen and oxygen atoms in total. The van der Waals surface area contributed by atoms with Gasteiger partial charge in [-0.3, -0.25) is 4.90 Å². The Hall–Kier alpha value is -0.750. The molecular weight excluding hydrogens is 306 g/mol. The van der Waals surface area contributed by atoms with E-state index in [4.69, 9.17) is 4.74 Å². The molecule has 1 aliphatic rings. The van der Waals surface area contributed by atoms with Crippen molar-refractivity contribution in [2.75, 3.05) is 40.0 Å². The van der Waals surface area contributed by atoms with Crippen molar-refractivity contribution in [2.24, 2.45) is 0 Å². The predicted octanol–water partition coefficient (Wildman–Crippen LogP) is 2.16. The Morgan fingerprint density at radius 2 is 2.00 bits per heavy atom. The molecule has 2 rings (SSSR count). The zero-order chi connectivity index (χ0) is 13.0. The van der Waals surface area contributed by atoms with Crippen LogP contribution >= 0.6 is 24.8 Å². The fourth-order valence-corrected chi connectivity index (χ4v) is 2.40. The summed E-state index contributed by atoms with van der Waals surface area (Å²) >= 11 is 0. The van der Waals surface area contributed by atoms with Crippen LogP contribution in [0.2, 0.25) is 0 Å². The van der Waals surface area contributed by atoms with Crippen LogP contribution in [0.3, 0.4) is 0 Å². The average molecular weight is 327 g/mol. The van der Waals surface area contributed by atoms with Gasteiger partial charge in [0.25, 0.3) is 0 Å². The molecule has 1 aliphatic heterocycles. The van der Waals surface area contributed by atoms with Crippen LogP contribution in [0.5, 0.6) is 11.5 Å². The SMILES string of the molecule is COc1cccc(O)c1[C@@H](CF)N1CCNCC1.Cl.Cl. The highest BCUT2D eigenvalue weighted by Crippen LogP contribution is 2.36. The molecule has 0 unspecified atom stereocenters. The highest BCUT2D eigenvalue weighted by atomic mass is 35.5. The van der Waals surface area contributed by atoms with Gasteiger partial charge in [-0.1, -0.05) is 6.07 Å². The number of benzene rings is 1. The zero-order valence-electron chi connectivity index (χ0n) is 11.3. The lowest BCUT2D eigenvalue weighted by molar-refractivity contribution is 0.142. The fraction of sp³-hybridized carbons (Fsp3) is 0.538. The van der Waals surface area contributed by atoms with E-state index in [1.165, 1.54) is 7.11 Å². The molecule has 0 aromatic heterocycles. The quantitative estimate of drug-likeness (QED) is 0.890. The second kappa shape index (κ2) is 9.23. The van der Waals surface area contributed by atoms with E-state index in [0.717, 1.165) is 26.2 Å². The van der Waals surface area contributed by atoms with Crippen molar-refractivity contribution in [2.45, 2.75) is 6.04 Å². The zero-order valence-corrected chi connectivity index (χ0v) is 13.0. The number of phenols is 1. The maximum Gasteiger partial charge on any atom is 0.127 e. The molecular formula is C13H21Cl2FN2O2. The number of rotatable bonds is 4. The summed E-state index contributed by atoms with van der Waals surface area (Å²) in [7, 11) is 1.53. The highest BCUT2D eigenvalue weighted by Gasteiger charge is 2.27. The molecule has 1 aromatic carbocycles. The molecule has 0 aliphatic carbocycles. The second-order valence-electron chi connectivity index (χ2n) is 4.35. The molecule has 1 atom stereocenters. The molecule has 0 bridgehead atoms. The third-order valence-electron chi connectivity index (χ3n) is 3.33. The average Bonchev–Trinajstić information content (AvgIpc) is 2.42. The van der Waals surface area contributed by atoms with Gasteiger partial charge in [0.05, 0.1) is 18.7 Å². The van der Waals surface area contributed by atoms with E-state index in [1.54, 1.807) is 18.2 Å². The van der Waals surface area contributed by atoms with Gasteiger partial charge in [0.2, 0.25) is 0 Å². The van der Waals surface area contributed by atoms with Gasteiger partial charge in [0, 0.05) is 26.2 Å². The van der Waals surface area contributed by atoms with Crippen molar-refractivity contribution < 1.29 is 14.2 Å². The second-order valence-corrected chi connectivity index (χ2v) is 4.35. The van der Waals surface area contributed by atoms with Gasteiger partial charge in [-0.25, -0.2) is 4.39 Å². The lowest BCUT2D eigenvalue weighted by atomic mass is 10.0. The molecule has 1 saturated heterocycles. The first-order valence-corrected chi connectivity index (χ1v) is 6.14. The van der Waals surface area contributed by atoms with Gasteiger partial charge in [-0.2, -0.15) is 0 Å². The number of piperazine rings is 1. The number of halogens is 3. The number of hydrogen-bond donors (Lipinski definition) is 2. The first-order valence-electron chi connectivity index (χ1n) is 6.14. The van der Waals surface area contributed by atoms with E-state index in [-0.39, 0.29) is 30.6 Å². The molecule has 1 heterocycles. The Morgan fingerprint density at radius 1 is 1.35 bits per heavy atom. The van der Waals surface area contributed by atoms with Crippen LogP contribution in [0.1, 0.15) is 11.6 Å². The number of phenolic OH excluding ortho intramolecular Hbond substituents is 1. The number of aromatic hydroxyl groups is 1. The van der Waals surface area contributed by atoms with Crippen LogP contribution in [-0.2, 0) is 0 Å². The third kappa shape index (κ3) is 4.12. The maximum absolute atomic E-state index is 13.4. The van der Waals surface area contributed by atoms with Gasteiger partial charge < -0.3 is 15.2 Å². The molecule has 2 N–H and O–H groups in total. The topological polar surface area (TPSA) is 44.7 Å². The number of ether oxygens (including phenoxy) is 1. The summed E-state index contributed by atoms with van der Waals surface area (Å²) in [6, 6.07) is 4.58. The van der Waals surface area contributed by atoms with Crippen molar-refractivity contribution in [1.29, 1.82) is 0 Å². The van der Waals surface area contributed by atoms with E-state index < -0.39 is 12.7 Å². The van der Waals surface area contributed by atoms with Crippen molar-refractivity contribution in [3.63, 3.8) is 0 Å². The predicted molar refractivity (Wildman–Crippen MR) is 82.3 cm³/mol. The summed E-state index contributed by atoms with van der Waals surface area (Å²) in [6.07, 6.45) is 0.